The van der Waals surface area contributed by atoms with E-state index in [1.54, 1.807) is 20.8 Å². The first-order valence-electron chi connectivity index (χ1n) is 6.64. The molecule has 1 rings (SSSR count). The van der Waals surface area contributed by atoms with Crippen molar-refractivity contribution >= 4 is 23.0 Å². The molecule has 116 valence electrons. The molecule has 21 heavy (non-hydrogen) atoms. The van der Waals surface area contributed by atoms with Crippen molar-refractivity contribution < 1.29 is 18.7 Å². The fourth-order valence-electron chi connectivity index (χ4n) is 1.58. The van der Waals surface area contributed by atoms with Crippen LogP contribution < -0.4 is 5.32 Å². The van der Waals surface area contributed by atoms with E-state index >= 15 is 0 Å². The molecule has 0 saturated carbocycles. The zero-order chi connectivity index (χ0) is 16.0. The summed E-state index contributed by atoms with van der Waals surface area (Å²) in [5.41, 5.74) is -0.133. The number of thioether (sulfide) groups is 1. The average Bonchev–Trinajstić information content (AvgIpc) is 2.35. The second-order valence-corrected chi connectivity index (χ2v) is 6.65. The van der Waals surface area contributed by atoms with Crippen molar-refractivity contribution in [3.8, 4) is 0 Å². The molecule has 0 aliphatic carbocycles. The molecule has 1 aromatic rings. The van der Waals surface area contributed by atoms with Crippen LogP contribution in [0.3, 0.4) is 0 Å². The van der Waals surface area contributed by atoms with E-state index in [4.69, 9.17) is 4.74 Å². The Morgan fingerprint density at radius 1 is 1.29 bits per heavy atom. The molecule has 1 atom stereocenters. The first-order valence-corrected chi connectivity index (χ1v) is 7.63. The van der Waals surface area contributed by atoms with Crippen LogP contribution in [-0.4, -0.2) is 22.6 Å². The topological polar surface area (TPSA) is 55.4 Å². The predicted molar refractivity (Wildman–Crippen MR) is 81.6 cm³/mol. The van der Waals surface area contributed by atoms with Gasteiger partial charge in [0.25, 0.3) is 0 Å². The summed E-state index contributed by atoms with van der Waals surface area (Å²) in [5, 5.41) is 2.33. The van der Waals surface area contributed by atoms with Crippen molar-refractivity contribution in [2.45, 2.75) is 39.3 Å². The van der Waals surface area contributed by atoms with Gasteiger partial charge in [-0.25, -0.2) is 9.18 Å². The molecule has 0 radical (unpaired) electrons. The van der Waals surface area contributed by atoms with Crippen LogP contribution in [0.2, 0.25) is 0 Å². The molecule has 0 aliphatic heterocycles. The predicted octanol–water partition coefficient (Wildman–Crippen LogP) is 3.67. The summed E-state index contributed by atoms with van der Waals surface area (Å²) >= 11 is 1.10. The Morgan fingerprint density at radius 3 is 2.33 bits per heavy atom. The van der Waals surface area contributed by atoms with E-state index in [-0.39, 0.29) is 5.12 Å². The van der Waals surface area contributed by atoms with Crippen molar-refractivity contribution in [2.75, 3.05) is 5.75 Å². The molecule has 0 aliphatic rings. The van der Waals surface area contributed by atoms with Gasteiger partial charge in [0.15, 0.2) is 0 Å². The van der Waals surface area contributed by atoms with Gasteiger partial charge in [-0.2, -0.15) is 0 Å². The number of carbonyl (C=O) groups excluding carboxylic acids is 2. The minimum Gasteiger partial charge on any atom is -0.444 e. The fourth-order valence-corrected chi connectivity index (χ4v) is 2.23. The van der Waals surface area contributed by atoms with E-state index < -0.39 is 23.6 Å². The minimum absolute atomic E-state index is 0.213. The standard InChI is InChI=1S/C15H20FNO3S/c1-5-21-13(18)12(10-6-8-11(16)9-7-10)17-14(19)20-15(2,3)4/h6-9,12H,5H2,1-4H3,(H,17,19). The minimum atomic E-state index is -0.856. The molecule has 1 unspecified atom stereocenters. The number of halogens is 1. The summed E-state index contributed by atoms with van der Waals surface area (Å²) in [5.74, 6) is 0.192. The normalized spacial score (nSPS) is 12.6. The maximum atomic E-state index is 13.0. The van der Waals surface area contributed by atoms with Gasteiger partial charge in [0.2, 0.25) is 5.12 Å². The molecule has 0 aromatic heterocycles. The van der Waals surface area contributed by atoms with Crippen LogP contribution in [0.5, 0.6) is 0 Å². The van der Waals surface area contributed by atoms with Crippen LogP contribution >= 0.6 is 11.8 Å². The largest absolute Gasteiger partial charge is 0.444 e. The Kier molecular flexibility index (Phi) is 6.20. The maximum Gasteiger partial charge on any atom is 0.408 e. The van der Waals surface area contributed by atoms with Gasteiger partial charge >= 0.3 is 6.09 Å². The van der Waals surface area contributed by atoms with Crippen LogP contribution in [0, 0.1) is 5.82 Å². The Labute approximate surface area is 128 Å². The summed E-state index contributed by atoms with van der Waals surface area (Å²) in [7, 11) is 0. The third kappa shape index (κ3) is 6.16. The van der Waals surface area contributed by atoms with E-state index in [0.717, 1.165) is 11.8 Å². The quantitative estimate of drug-likeness (QED) is 0.921. The summed E-state index contributed by atoms with van der Waals surface area (Å²) in [6.45, 7) is 7.06. The first-order chi connectivity index (χ1) is 9.73. The Morgan fingerprint density at radius 2 is 1.86 bits per heavy atom. The van der Waals surface area contributed by atoms with Crippen LogP contribution in [0.25, 0.3) is 0 Å². The number of rotatable bonds is 4. The zero-order valence-corrected chi connectivity index (χ0v) is 13.4. The highest BCUT2D eigenvalue weighted by molar-refractivity contribution is 8.13. The fraction of sp³-hybridized carbons (Fsp3) is 0.467. The smallest absolute Gasteiger partial charge is 0.408 e. The number of hydrogen-bond acceptors (Lipinski definition) is 4. The number of ether oxygens (including phenoxy) is 1. The van der Waals surface area contributed by atoms with Gasteiger partial charge in [0, 0.05) is 0 Å². The molecule has 1 amide bonds. The second kappa shape index (κ2) is 7.45. The number of hydrogen-bond donors (Lipinski definition) is 1. The van der Waals surface area contributed by atoms with Crippen molar-refractivity contribution in [2.24, 2.45) is 0 Å². The Balaban J connectivity index is 2.90. The molecule has 1 aromatic carbocycles. The van der Waals surface area contributed by atoms with Crippen molar-refractivity contribution in [3.63, 3.8) is 0 Å². The molecule has 0 heterocycles. The van der Waals surface area contributed by atoms with Gasteiger partial charge in [-0.3, -0.25) is 4.79 Å². The number of carbonyl (C=O) groups is 2. The lowest BCUT2D eigenvalue weighted by Gasteiger charge is -2.23. The van der Waals surface area contributed by atoms with Gasteiger partial charge in [0.05, 0.1) is 0 Å². The molecule has 0 bridgehead atoms. The lowest BCUT2D eigenvalue weighted by Crippen LogP contribution is -2.37. The summed E-state index contributed by atoms with van der Waals surface area (Å²) in [6.07, 6.45) is -0.679. The molecule has 0 spiro atoms. The third-order valence-electron chi connectivity index (χ3n) is 2.39. The van der Waals surface area contributed by atoms with Crippen LogP contribution in [-0.2, 0) is 9.53 Å². The summed E-state index contributed by atoms with van der Waals surface area (Å²) < 4.78 is 18.1. The highest BCUT2D eigenvalue weighted by Gasteiger charge is 2.25. The molecule has 0 fully saturated rings. The van der Waals surface area contributed by atoms with Gasteiger partial charge in [0.1, 0.15) is 17.5 Å². The van der Waals surface area contributed by atoms with E-state index in [9.17, 15) is 14.0 Å². The zero-order valence-electron chi connectivity index (χ0n) is 12.6. The average molecular weight is 313 g/mol. The van der Waals surface area contributed by atoms with Gasteiger partial charge in [-0.1, -0.05) is 30.8 Å². The monoisotopic (exact) mass is 313 g/mol. The lowest BCUT2D eigenvalue weighted by atomic mass is 10.1. The number of amides is 1. The highest BCUT2D eigenvalue weighted by atomic mass is 32.2. The number of nitrogens with one attached hydrogen (secondary N) is 1. The first kappa shape index (κ1) is 17.5. The molecular weight excluding hydrogens is 293 g/mol. The van der Waals surface area contributed by atoms with Crippen LogP contribution in [0.1, 0.15) is 39.3 Å². The SMILES string of the molecule is CCSC(=O)C(NC(=O)OC(C)(C)C)c1ccc(F)cc1. The third-order valence-corrected chi connectivity index (χ3v) is 3.20. The van der Waals surface area contributed by atoms with E-state index in [2.05, 4.69) is 5.32 Å². The van der Waals surface area contributed by atoms with Crippen LogP contribution in [0.4, 0.5) is 9.18 Å². The van der Waals surface area contributed by atoms with Gasteiger partial charge in [-0.15, -0.1) is 0 Å². The Bertz CT molecular complexity index is 497. The molecule has 4 nitrogen and oxygen atoms in total. The van der Waals surface area contributed by atoms with E-state index in [1.807, 2.05) is 6.92 Å². The molecule has 0 saturated heterocycles. The number of alkyl carbamates (subject to hydrolysis) is 1. The van der Waals surface area contributed by atoms with Gasteiger partial charge < -0.3 is 10.1 Å². The van der Waals surface area contributed by atoms with Crippen molar-refractivity contribution in [3.05, 3.63) is 35.6 Å². The van der Waals surface area contributed by atoms with Crippen molar-refractivity contribution in [1.29, 1.82) is 0 Å². The van der Waals surface area contributed by atoms with Crippen molar-refractivity contribution in [1.82, 2.24) is 5.32 Å². The second-order valence-electron chi connectivity index (χ2n) is 5.38. The summed E-state index contributed by atoms with van der Waals surface area (Å²) in [4.78, 5) is 24.0. The Hall–Kier alpha value is -1.56. The van der Waals surface area contributed by atoms with Gasteiger partial charge in [-0.05, 0) is 44.2 Å². The highest BCUT2D eigenvalue weighted by Crippen LogP contribution is 2.21. The van der Waals surface area contributed by atoms with E-state index in [1.165, 1.54) is 24.3 Å². The molecule has 6 heteroatoms. The maximum absolute atomic E-state index is 13.0. The van der Waals surface area contributed by atoms with E-state index in [0.29, 0.717) is 11.3 Å². The molecular formula is C15H20FNO3S. The molecule has 1 N–H and O–H groups in total. The summed E-state index contributed by atoms with van der Waals surface area (Å²) in [6, 6.07) is 4.61. The van der Waals surface area contributed by atoms with Crippen LogP contribution in [0.15, 0.2) is 24.3 Å². The lowest BCUT2D eigenvalue weighted by molar-refractivity contribution is -0.113. The number of benzene rings is 1.